The Morgan fingerprint density at radius 2 is 2.21 bits per heavy atom. The summed E-state index contributed by atoms with van der Waals surface area (Å²) in [5, 5.41) is 5.87. The normalized spacial score (nSPS) is 23.2. The van der Waals surface area contributed by atoms with Crippen LogP contribution in [0.2, 0.25) is 0 Å². The van der Waals surface area contributed by atoms with Gasteiger partial charge in [0.15, 0.2) is 0 Å². The van der Waals surface area contributed by atoms with E-state index in [1.165, 1.54) is 24.1 Å². The van der Waals surface area contributed by atoms with Crippen LogP contribution in [0.5, 0.6) is 0 Å². The SMILES string of the molecule is CCCNC(c1cscn1)C1CC1c1ccccc1. The zero-order chi connectivity index (χ0) is 13.1. The predicted molar refractivity (Wildman–Crippen MR) is 80.4 cm³/mol. The first kappa shape index (κ1) is 12.8. The average molecular weight is 272 g/mol. The van der Waals surface area contributed by atoms with Crippen LogP contribution in [0.4, 0.5) is 0 Å². The Labute approximate surface area is 118 Å². The summed E-state index contributed by atoms with van der Waals surface area (Å²) in [5.41, 5.74) is 4.64. The van der Waals surface area contributed by atoms with E-state index in [4.69, 9.17) is 0 Å². The second kappa shape index (κ2) is 5.85. The van der Waals surface area contributed by atoms with Gasteiger partial charge in [-0.3, -0.25) is 0 Å². The topological polar surface area (TPSA) is 24.9 Å². The first-order valence-corrected chi connectivity index (χ1v) is 8.01. The fourth-order valence-corrected chi connectivity index (χ4v) is 3.41. The van der Waals surface area contributed by atoms with Gasteiger partial charge in [0.25, 0.3) is 0 Å². The quantitative estimate of drug-likeness (QED) is 0.860. The van der Waals surface area contributed by atoms with Crippen molar-refractivity contribution in [2.75, 3.05) is 6.54 Å². The number of thiazole rings is 1. The number of benzene rings is 1. The molecule has 0 spiro atoms. The van der Waals surface area contributed by atoms with Crippen LogP contribution >= 0.6 is 11.3 Å². The van der Waals surface area contributed by atoms with E-state index < -0.39 is 0 Å². The minimum atomic E-state index is 0.427. The molecule has 3 heteroatoms. The molecule has 2 nitrogen and oxygen atoms in total. The molecule has 19 heavy (non-hydrogen) atoms. The summed E-state index contributed by atoms with van der Waals surface area (Å²) in [6, 6.07) is 11.3. The van der Waals surface area contributed by atoms with E-state index in [0.29, 0.717) is 17.9 Å². The molecule has 1 aromatic heterocycles. The lowest BCUT2D eigenvalue weighted by Crippen LogP contribution is -2.24. The number of nitrogens with zero attached hydrogens (tertiary/aromatic N) is 1. The van der Waals surface area contributed by atoms with Crippen molar-refractivity contribution in [1.82, 2.24) is 10.3 Å². The van der Waals surface area contributed by atoms with Gasteiger partial charge in [0, 0.05) is 5.38 Å². The molecule has 1 fully saturated rings. The van der Waals surface area contributed by atoms with E-state index in [1.54, 1.807) is 11.3 Å². The number of rotatable bonds is 6. The molecule has 1 aromatic carbocycles. The molecule has 1 aliphatic rings. The van der Waals surface area contributed by atoms with Crippen molar-refractivity contribution in [2.24, 2.45) is 5.92 Å². The number of nitrogens with one attached hydrogen (secondary N) is 1. The molecule has 1 saturated carbocycles. The maximum atomic E-state index is 4.51. The summed E-state index contributed by atoms with van der Waals surface area (Å²) in [6.45, 7) is 3.28. The Balaban J connectivity index is 1.72. The monoisotopic (exact) mass is 272 g/mol. The fourth-order valence-electron chi connectivity index (χ4n) is 2.82. The van der Waals surface area contributed by atoms with Gasteiger partial charge in [0.2, 0.25) is 0 Å². The number of hydrogen-bond acceptors (Lipinski definition) is 3. The maximum Gasteiger partial charge on any atom is 0.0795 e. The minimum absolute atomic E-state index is 0.427. The Kier molecular flexibility index (Phi) is 3.95. The molecule has 1 heterocycles. The van der Waals surface area contributed by atoms with Gasteiger partial charge in [0.05, 0.1) is 17.2 Å². The first-order valence-electron chi connectivity index (χ1n) is 7.06. The van der Waals surface area contributed by atoms with Crippen LogP contribution < -0.4 is 5.32 Å². The van der Waals surface area contributed by atoms with E-state index in [1.807, 2.05) is 5.51 Å². The lowest BCUT2D eigenvalue weighted by Gasteiger charge is -2.16. The molecule has 2 aromatic rings. The van der Waals surface area contributed by atoms with Crippen molar-refractivity contribution in [1.29, 1.82) is 0 Å². The summed E-state index contributed by atoms with van der Waals surface area (Å²) in [7, 11) is 0. The molecular formula is C16H20N2S. The largest absolute Gasteiger partial charge is 0.308 e. The van der Waals surface area contributed by atoms with Gasteiger partial charge < -0.3 is 5.32 Å². The van der Waals surface area contributed by atoms with Crippen LogP contribution in [0.15, 0.2) is 41.2 Å². The molecule has 0 aliphatic heterocycles. The molecule has 3 unspecified atom stereocenters. The molecule has 3 rings (SSSR count). The third-order valence-corrected chi connectivity index (χ3v) is 4.48. The van der Waals surface area contributed by atoms with E-state index >= 15 is 0 Å². The first-order chi connectivity index (χ1) is 9.40. The summed E-state index contributed by atoms with van der Waals surface area (Å²) in [4.78, 5) is 4.51. The average Bonchev–Trinajstić information content (AvgIpc) is 3.05. The highest BCUT2D eigenvalue weighted by Gasteiger charge is 2.44. The van der Waals surface area contributed by atoms with Gasteiger partial charge in [-0.2, -0.15) is 0 Å². The molecular weight excluding hydrogens is 252 g/mol. The Morgan fingerprint density at radius 1 is 1.37 bits per heavy atom. The molecule has 0 saturated heterocycles. The maximum absolute atomic E-state index is 4.51. The Morgan fingerprint density at radius 3 is 2.89 bits per heavy atom. The second-order valence-corrected chi connectivity index (χ2v) is 5.98. The fraction of sp³-hybridized carbons (Fsp3) is 0.438. The molecule has 0 amide bonds. The molecule has 100 valence electrons. The Hall–Kier alpha value is -1.19. The summed E-state index contributed by atoms with van der Waals surface area (Å²) >= 11 is 1.69. The van der Waals surface area contributed by atoms with E-state index in [0.717, 1.165) is 6.54 Å². The standard InChI is InChI=1S/C16H20N2S/c1-2-8-17-16(15-10-19-11-18-15)14-9-13(14)12-6-4-3-5-7-12/h3-7,10-11,13-14,16-17H,2,8-9H2,1H3. The highest BCUT2D eigenvalue weighted by molar-refractivity contribution is 7.07. The van der Waals surface area contributed by atoms with Crippen LogP contribution in [-0.2, 0) is 0 Å². The van der Waals surface area contributed by atoms with Crippen LogP contribution in [0.3, 0.4) is 0 Å². The van der Waals surface area contributed by atoms with Crippen molar-refractivity contribution < 1.29 is 0 Å². The molecule has 1 N–H and O–H groups in total. The zero-order valence-electron chi connectivity index (χ0n) is 11.3. The third kappa shape index (κ3) is 2.88. The summed E-state index contributed by atoms with van der Waals surface area (Å²) in [5.74, 6) is 1.41. The van der Waals surface area contributed by atoms with E-state index in [2.05, 4.69) is 52.9 Å². The minimum Gasteiger partial charge on any atom is -0.308 e. The molecule has 0 bridgehead atoms. The Bertz CT molecular complexity index is 495. The van der Waals surface area contributed by atoms with Gasteiger partial charge in [-0.1, -0.05) is 37.3 Å². The van der Waals surface area contributed by atoms with Gasteiger partial charge >= 0.3 is 0 Å². The van der Waals surface area contributed by atoms with Crippen LogP contribution in [0, 0.1) is 5.92 Å². The molecule has 0 radical (unpaired) electrons. The predicted octanol–water partition coefficient (Wildman–Crippen LogP) is 3.99. The van der Waals surface area contributed by atoms with Gasteiger partial charge in [0.1, 0.15) is 0 Å². The lowest BCUT2D eigenvalue weighted by molar-refractivity contribution is 0.465. The van der Waals surface area contributed by atoms with Crippen molar-refractivity contribution >= 4 is 11.3 Å². The van der Waals surface area contributed by atoms with Crippen molar-refractivity contribution in [3.8, 4) is 0 Å². The smallest absolute Gasteiger partial charge is 0.0795 e. The van der Waals surface area contributed by atoms with Crippen LogP contribution in [0.1, 0.15) is 43.0 Å². The third-order valence-electron chi connectivity index (χ3n) is 3.88. The highest BCUT2D eigenvalue weighted by atomic mass is 32.1. The molecule has 3 atom stereocenters. The number of aromatic nitrogens is 1. The summed E-state index contributed by atoms with van der Waals surface area (Å²) < 4.78 is 0. The van der Waals surface area contributed by atoms with Crippen molar-refractivity contribution in [3.05, 3.63) is 52.5 Å². The van der Waals surface area contributed by atoms with Gasteiger partial charge in [-0.05, 0) is 36.8 Å². The lowest BCUT2D eigenvalue weighted by atomic mass is 10.0. The van der Waals surface area contributed by atoms with Crippen LogP contribution in [-0.4, -0.2) is 11.5 Å². The van der Waals surface area contributed by atoms with Gasteiger partial charge in [-0.15, -0.1) is 11.3 Å². The zero-order valence-corrected chi connectivity index (χ0v) is 12.1. The van der Waals surface area contributed by atoms with Crippen molar-refractivity contribution in [3.63, 3.8) is 0 Å². The van der Waals surface area contributed by atoms with E-state index in [-0.39, 0.29) is 0 Å². The summed E-state index contributed by atoms with van der Waals surface area (Å²) in [6.07, 6.45) is 2.45. The van der Waals surface area contributed by atoms with Gasteiger partial charge in [-0.25, -0.2) is 4.98 Å². The molecule has 1 aliphatic carbocycles. The number of hydrogen-bond donors (Lipinski definition) is 1. The highest BCUT2D eigenvalue weighted by Crippen LogP contribution is 2.53. The second-order valence-electron chi connectivity index (χ2n) is 5.26. The van der Waals surface area contributed by atoms with Crippen molar-refractivity contribution in [2.45, 2.75) is 31.7 Å². The van der Waals surface area contributed by atoms with Crippen LogP contribution in [0.25, 0.3) is 0 Å². The van der Waals surface area contributed by atoms with E-state index in [9.17, 15) is 0 Å².